The van der Waals surface area contributed by atoms with Crippen molar-refractivity contribution in [2.45, 2.75) is 46.3 Å². The number of cyclic esters (lactones) is 1. The molecule has 1 fully saturated rings. The molecule has 1 aliphatic rings. The van der Waals surface area contributed by atoms with Crippen LogP contribution in [0, 0.1) is 17.8 Å². The smallest absolute Gasteiger partial charge is 0.311 e. The van der Waals surface area contributed by atoms with E-state index in [0.717, 1.165) is 6.42 Å². The summed E-state index contributed by atoms with van der Waals surface area (Å²) >= 11 is 0. The van der Waals surface area contributed by atoms with Crippen LogP contribution in [0.1, 0.15) is 34.1 Å². The van der Waals surface area contributed by atoms with Crippen molar-refractivity contribution in [1.29, 1.82) is 0 Å². The highest BCUT2D eigenvalue weighted by molar-refractivity contribution is 5.73. The number of hydrogen-bond acceptors (Lipinski definition) is 3. The van der Waals surface area contributed by atoms with Crippen LogP contribution >= 0.6 is 0 Å². The first-order valence-electron chi connectivity index (χ1n) is 5.37. The summed E-state index contributed by atoms with van der Waals surface area (Å²) in [6.07, 6.45) is 0.276. The molecule has 0 aromatic carbocycles. The Hall–Kier alpha value is -0.570. The SMILES string of the molecule is CCC(C)C1OC(=O)[C@H](C)[C@@H](O)[C@@H]1C. The number of aliphatic hydroxyl groups excluding tert-OH is 1. The van der Waals surface area contributed by atoms with Gasteiger partial charge >= 0.3 is 5.97 Å². The zero-order chi connectivity index (χ0) is 10.9. The normalized spacial score (nSPS) is 40.5. The van der Waals surface area contributed by atoms with Crippen molar-refractivity contribution in [3.05, 3.63) is 0 Å². The molecule has 1 saturated heterocycles. The van der Waals surface area contributed by atoms with Crippen LogP contribution in [0.4, 0.5) is 0 Å². The van der Waals surface area contributed by atoms with E-state index in [1.165, 1.54) is 0 Å². The van der Waals surface area contributed by atoms with E-state index in [9.17, 15) is 9.90 Å². The monoisotopic (exact) mass is 200 g/mol. The summed E-state index contributed by atoms with van der Waals surface area (Å²) in [5.41, 5.74) is 0. The summed E-state index contributed by atoms with van der Waals surface area (Å²) in [7, 11) is 0. The zero-order valence-electron chi connectivity index (χ0n) is 9.36. The van der Waals surface area contributed by atoms with E-state index in [1.54, 1.807) is 6.92 Å². The van der Waals surface area contributed by atoms with Crippen LogP contribution in [0.3, 0.4) is 0 Å². The molecule has 1 N–H and O–H groups in total. The minimum absolute atomic E-state index is 0.0395. The Balaban J connectivity index is 2.75. The van der Waals surface area contributed by atoms with Crippen LogP contribution in [0.5, 0.6) is 0 Å². The Labute approximate surface area is 85.5 Å². The molecule has 0 bridgehead atoms. The van der Waals surface area contributed by atoms with Gasteiger partial charge in [0.05, 0.1) is 12.0 Å². The third kappa shape index (κ3) is 1.92. The van der Waals surface area contributed by atoms with Gasteiger partial charge in [-0.05, 0) is 12.8 Å². The molecule has 82 valence electrons. The Morgan fingerprint density at radius 3 is 2.57 bits per heavy atom. The van der Waals surface area contributed by atoms with Gasteiger partial charge < -0.3 is 9.84 Å². The molecule has 0 radical (unpaired) electrons. The molecule has 0 aromatic rings. The summed E-state index contributed by atoms with van der Waals surface area (Å²) in [5, 5.41) is 9.83. The Morgan fingerprint density at radius 1 is 1.50 bits per heavy atom. The van der Waals surface area contributed by atoms with E-state index in [0.29, 0.717) is 5.92 Å². The van der Waals surface area contributed by atoms with E-state index in [4.69, 9.17) is 4.74 Å². The van der Waals surface area contributed by atoms with Crippen molar-refractivity contribution >= 4 is 5.97 Å². The van der Waals surface area contributed by atoms with Crippen LogP contribution in [0.2, 0.25) is 0 Å². The second kappa shape index (κ2) is 4.30. The van der Waals surface area contributed by atoms with Crippen molar-refractivity contribution in [1.82, 2.24) is 0 Å². The van der Waals surface area contributed by atoms with Gasteiger partial charge in [0.15, 0.2) is 0 Å². The molecule has 0 aliphatic carbocycles. The second-order valence-electron chi connectivity index (χ2n) is 4.43. The average molecular weight is 200 g/mol. The van der Waals surface area contributed by atoms with Gasteiger partial charge in [-0.25, -0.2) is 0 Å². The quantitative estimate of drug-likeness (QED) is 0.688. The van der Waals surface area contributed by atoms with E-state index in [1.807, 2.05) is 6.92 Å². The van der Waals surface area contributed by atoms with Gasteiger partial charge in [-0.1, -0.05) is 27.2 Å². The number of rotatable bonds is 2. The predicted octanol–water partition coefficient (Wildman–Crippen LogP) is 1.59. The molecule has 1 heterocycles. The lowest BCUT2D eigenvalue weighted by Crippen LogP contribution is -2.48. The minimum atomic E-state index is -0.560. The largest absolute Gasteiger partial charge is 0.461 e. The van der Waals surface area contributed by atoms with E-state index in [2.05, 4.69) is 13.8 Å². The number of hydrogen-bond donors (Lipinski definition) is 1. The van der Waals surface area contributed by atoms with Crippen LogP contribution in [0.25, 0.3) is 0 Å². The number of aliphatic hydroxyl groups is 1. The second-order valence-corrected chi connectivity index (χ2v) is 4.43. The van der Waals surface area contributed by atoms with Crippen LogP contribution < -0.4 is 0 Å². The molecule has 0 amide bonds. The predicted molar refractivity (Wildman–Crippen MR) is 53.7 cm³/mol. The summed E-state index contributed by atoms with van der Waals surface area (Å²) < 4.78 is 5.34. The van der Waals surface area contributed by atoms with Crippen molar-refractivity contribution in [2.24, 2.45) is 17.8 Å². The fraction of sp³-hybridized carbons (Fsp3) is 0.909. The molecular weight excluding hydrogens is 180 g/mol. The molecule has 0 saturated carbocycles. The molecule has 14 heavy (non-hydrogen) atoms. The molecule has 5 atom stereocenters. The summed E-state index contributed by atoms with van der Waals surface area (Å²) in [5.74, 6) is -0.292. The first-order chi connectivity index (χ1) is 6.49. The first kappa shape index (κ1) is 11.5. The van der Waals surface area contributed by atoms with E-state index >= 15 is 0 Å². The van der Waals surface area contributed by atoms with Gasteiger partial charge in [-0.2, -0.15) is 0 Å². The molecule has 0 spiro atoms. The van der Waals surface area contributed by atoms with Gasteiger partial charge in [0.2, 0.25) is 0 Å². The Kier molecular flexibility index (Phi) is 3.53. The number of carbonyl (C=O) groups excluding carboxylic acids is 1. The molecular formula is C11H20O3. The van der Waals surface area contributed by atoms with Crippen molar-refractivity contribution in [2.75, 3.05) is 0 Å². The third-order valence-corrected chi connectivity index (χ3v) is 3.40. The molecule has 0 aromatic heterocycles. The van der Waals surface area contributed by atoms with Gasteiger partial charge in [0, 0.05) is 5.92 Å². The van der Waals surface area contributed by atoms with Gasteiger partial charge in [-0.3, -0.25) is 4.79 Å². The molecule has 1 rings (SSSR count). The van der Waals surface area contributed by atoms with Crippen LogP contribution in [-0.4, -0.2) is 23.3 Å². The van der Waals surface area contributed by atoms with Crippen molar-refractivity contribution < 1.29 is 14.6 Å². The third-order valence-electron chi connectivity index (χ3n) is 3.40. The van der Waals surface area contributed by atoms with E-state index < -0.39 is 6.10 Å². The lowest BCUT2D eigenvalue weighted by molar-refractivity contribution is -0.182. The van der Waals surface area contributed by atoms with Gasteiger partial charge in [0.1, 0.15) is 6.10 Å². The lowest BCUT2D eigenvalue weighted by Gasteiger charge is -2.38. The minimum Gasteiger partial charge on any atom is -0.461 e. The Bertz CT molecular complexity index is 215. The highest BCUT2D eigenvalue weighted by Crippen LogP contribution is 2.31. The summed E-state index contributed by atoms with van der Waals surface area (Å²) in [6.45, 7) is 7.79. The fourth-order valence-electron chi connectivity index (χ4n) is 2.00. The molecule has 1 aliphatic heterocycles. The fourth-order valence-corrected chi connectivity index (χ4v) is 2.00. The van der Waals surface area contributed by atoms with Gasteiger partial charge in [0.25, 0.3) is 0 Å². The van der Waals surface area contributed by atoms with Gasteiger partial charge in [-0.15, -0.1) is 0 Å². The topological polar surface area (TPSA) is 46.5 Å². The van der Waals surface area contributed by atoms with Crippen LogP contribution in [-0.2, 0) is 9.53 Å². The molecule has 3 heteroatoms. The lowest BCUT2D eigenvalue weighted by atomic mass is 9.81. The highest BCUT2D eigenvalue weighted by Gasteiger charge is 2.41. The maximum absolute atomic E-state index is 11.4. The standard InChI is InChI=1S/C11H20O3/c1-5-6(2)10-7(3)9(12)8(4)11(13)14-10/h6-10,12H,5H2,1-4H3/t6?,7-,8+,9-,10?/m0/s1. The first-order valence-corrected chi connectivity index (χ1v) is 5.37. The summed E-state index contributed by atoms with van der Waals surface area (Å²) in [6, 6.07) is 0. The zero-order valence-corrected chi connectivity index (χ0v) is 9.36. The maximum Gasteiger partial charge on any atom is 0.311 e. The van der Waals surface area contributed by atoms with Crippen LogP contribution in [0.15, 0.2) is 0 Å². The molecule has 3 nitrogen and oxygen atoms in total. The number of esters is 1. The Morgan fingerprint density at radius 2 is 2.07 bits per heavy atom. The number of ether oxygens (including phenoxy) is 1. The van der Waals surface area contributed by atoms with Crippen molar-refractivity contribution in [3.8, 4) is 0 Å². The highest BCUT2D eigenvalue weighted by atomic mass is 16.5. The maximum atomic E-state index is 11.4. The summed E-state index contributed by atoms with van der Waals surface area (Å²) in [4.78, 5) is 11.4. The number of carbonyl (C=O) groups is 1. The van der Waals surface area contributed by atoms with Crippen molar-refractivity contribution in [3.63, 3.8) is 0 Å². The average Bonchev–Trinajstić information content (AvgIpc) is 2.19. The van der Waals surface area contributed by atoms with E-state index in [-0.39, 0.29) is 23.9 Å². The molecule has 2 unspecified atom stereocenters.